The van der Waals surface area contributed by atoms with Crippen LogP contribution < -0.4 is 5.73 Å². The molecule has 2 aromatic heterocycles. The van der Waals surface area contributed by atoms with Gasteiger partial charge in [0.15, 0.2) is 17.7 Å². The Bertz CT molecular complexity index is 1970. The molecule has 0 radical (unpaired) electrons. The summed E-state index contributed by atoms with van der Waals surface area (Å²) in [5.41, 5.74) is 0.224. The van der Waals surface area contributed by atoms with Crippen molar-refractivity contribution in [3.63, 3.8) is 0 Å². The second kappa shape index (κ2) is 18.2. The fraction of sp³-hybridized carbons (Fsp3) is 0.707. The van der Waals surface area contributed by atoms with Gasteiger partial charge in [0, 0.05) is 37.1 Å². The van der Waals surface area contributed by atoms with Gasteiger partial charge in [0.1, 0.15) is 30.2 Å². The van der Waals surface area contributed by atoms with Gasteiger partial charge in [0.2, 0.25) is 5.95 Å². The second-order valence-electron chi connectivity index (χ2n) is 17.0. The van der Waals surface area contributed by atoms with Crippen LogP contribution in [0.25, 0.3) is 11.4 Å². The summed E-state index contributed by atoms with van der Waals surface area (Å²) in [5, 5.41) is 19.6. The van der Waals surface area contributed by atoms with Crippen LogP contribution in [0, 0.1) is 29.6 Å². The molecule has 3 N–H and O–H groups in total. The van der Waals surface area contributed by atoms with Gasteiger partial charge in [-0.05, 0) is 67.1 Å². The van der Waals surface area contributed by atoms with E-state index in [1.165, 1.54) is 36.7 Å². The van der Waals surface area contributed by atoms with Crippen LogP contribution in [-0.4, -0.2) is 151 Å². The quantitative estimate of drug-likeness (QED) is 0.221. The molecule has 3 aliphatic rings. The van der Waals surface area contributed by atoms with Crippen molar-refractivity contribution < 1.29 is 52.4 Å². The molecular formula is C41H59FN8O10. The number of alkyl halides is 1. The highest BCUT2D eigenvalue weighted by Crippen LogP contribution is 2.43. The molecule has 5 heterocycles. The highest BCUT2D eigenvalue weighted by molar-refractivity contribution is 6.08. The number of rotatable bonds is 8. The van der Waals surface area contributed by atoms with Crippen LogP contribution in [0.3, 0.4) is 0 Å². The monoisotopic (exact) mass is 842 g/mol. The van der Waals surface area contributed by atoms with Crippen LogP contribution in [0.2, 0.25) is 0 Å². The maximum absolute atomic E-state index is 16.9. The van der Waals surface area contributed by atoms with Crippen molar-refractivity contribution in [2.24, 2.45) is 17.8 Å². The van der Waals surface area contributed by atoms with Gasteiger partial charge in [0.25, 0.3) is 5.67 Å². The van der Waals surface area contributed by atoms with Crippen LogP contribution in [-0.2, 0) is 44.6 Å². The first-order valence-corrected chi connectivity index (χ1v) is 20.2. The van der Waals surface area contributed by atoms with Crippen LogP contribution >= 0.6 is 0 Å². The van der Waals surface area contributed by atoms with Gasteiger partial charge < -0.3 is 39.4 Å². The number of nitrogen functional groups attached to an aromatic ring is 1. The molecule has 3 saturated heterocycles. The third-order valence-electron chi connectivity index (χ3n) is 12.3. The Morgan fingerprint density at radius 1 is 1.07 bits per heavy atom. The lowest BCUT2D eigenvalue weighted by Gasteiger charge is -2.47. The number of nitrogens with two attached hydrogens (primary N) is 1. The second-order valence-corrected chi connectivity index (χ2v) is 17.0. The zero-order chi connectivity index (χ0) is 44.5. The van der Waals surface area contributed by atoms with Crippen molar-refractivity contribution in [1.82, 2.24) is 34.8 Å². The summed E-state index contributed by atoms with van der Waals surface area (Å²) in [6, 6.07) is 0.193. The lowest BCUT2D eigenvalue weighted by Crippen LogP contribution is -2.61. The van der Waals surface area contributed by atoms with Crippen LogP contribution in [0.4, 0.5) is 15.1 Å². The Morgan fingerprint density at radius 3 is 2.38 bits per heavy atom. The third kappa shape index (κ3) is 9.17. The summed E-state index contributed by atoms with van der Waals surface area (Å²) in [6.45, 7) is 12.1. The summed E-state index contributed by atoms with van der Waals surface area (Å²) in [6.07, 6.45) is -2.67. The number of fused-ring (bicyclic) bond motifs is 1. The molecular weight excluding hydrogens is 783 g/mol. The van der Waals surface area contributed by atoms with Crippen molar-refractivity contribution in [2.75, 3.05) is 33.5 Å². The number of esters is 1. The number of likely N-dealkylation sites (N-methyl/N-ethyl adjacent to an activating group) is 1. The lowest BCUT2D eigenvalue weighted by molar-refractivity contribution is -0.295. The number of hydrogen-bond acceptors (Lipinski definition) is 16. The Balaban J connectivity index is 1.49. The van der Waals surface area contributed by atoms with Crippen LogP contribution in [0.5, 0.6) is 0 Å². The molecule has 18 nitrogen and oxygen atoms in total. The molecule has 330 valence electrons. The maximum Gasteiger partial charge on any atom is 0.411 e. The van der Waals surface area contributed by atoms with Crippen molar-refractivity contribution in [2.45, 2.75) is 141 Å². The molecule has 13 atom stereocenters. The minimum absolute atomic E-state index is 0.0318. The zero-order valence-electron chi connectivity index (χ0n) is 36.2. The fourth-order valence-electron chi connectivity index (χ4n) is 8.93. The van der Waals surface area contributed by atoms with E-state index in [9.17, 15) is 24.3 Å². The first kappa shape index (κ1) is 46.5. The van der Waals surface area contributed by atoms with Gasteiger partial charge in [-0.25, -0.2) is 28.6 Å². The normalized spacial score (nSPS) is 36.9. The number of carbonyl (C=O) groups excluding carboxylic acids is 4. The number of aromatic nitrogens is 5. The van der Waals surface area contributed by atoms with Crippen LogP contribution in [0.15, 0.2) is 18.5 Å². The number of cyclic esters (lactones) is 1. The number of nitrogens with zero attached hydrogens (tertiary/aromatic N) is 7. The zero-order valence-corrected chi connectivity index (χ0v) is 36.2. The number of halogens is 1. The molecule has 0 bridgehead atoms. The number of Topliss-reactive ketones (excluding diaryl/α,β-unsaturated/α-hetero) is 2. The highest BCUT2D eigenvalue weighted by atomic mass is 19.1. The first-order chi connectivity index (χ1) is 28.1. The number of ether oxygens (including phenoxy) is 5. The molecule has 0 aromatic carbocycles. The lowest BCUT2D eigenvalue weighted by atomic mass is 9.73. The topological polar surface area (TPSA) is 224 Å². The van der Waals surface area contributed by atoms with Gasteiger partial charge in [-0.15, -0.1) is 5.10 Å². The molecule has 19 heteroatoms. The molecule has 2 aromatic rings. The fourth-order valence-corrected chi connectivity index (χ4v) is 8.93. The van der Waals surface area contributed by atoms with E-state index in [-0.39, 0.29) is 49.8 Å². The van der Waals surface area contributed by atoms with Gasteiger partial charge in [-0.2, -0.15) is 0 Å². The van der Waals surface area contributed by atoms with E-state index < -0.39 is 83.1 Å². The number of amides is 1. The van der Waals surface area contributed by atoms with E-state index in [4.69, 9.17) is 29.4 Å². The average molecular weight is 843 g/mol. The number of methoxy groups -OCH3 is 1. The predicted molar refractivity (Wildman–Crippen MR) is 213 cm³/mol. The molecule has 5 rings (SSSR count). The van der Waals surface area contributed by atoms with Gasteiger partial charge in [0.05, 0.1) is 42.3 Å². The van der Waals surface area contributed by atoms with E-state index in [2.05, 4.69) is 32.1 Å². The van der Waals surface area contributed by atoms with Crippen LogP contribution in [0.1, 0.15) is 74.7 Å². The molecule has 0 aliphatic carbocycles. The number of ketones is 2. The van der Waals surface area contributed by atoms with E-state index in [1.807, 2.05) is 25.9 Å². The summed E-state index contributed by atoms with van der Waals surface area (Å²) in [5.74, 6) is -0.114. The van der Waals surface area contributed by atoms with Gasteiger partial charge in [-0.1, -0.05) is 44.7 Å². The largest absolute Gasteiger partial charge is 0.455 e. The SMILES string of the molecule is CC[C@H]1OC(=O)[C@@](C)(F)C(=O)[C@H](C)[C@@H](O[C@@H]2OC(C)CC(N(C)C)C2O)[C@](C)(OC)C[C@@H](C)C(=O)[C@H](C)[C@H]2N(CC#CCn3cc(-c4ccnc(N)n4)nn3)C(=O)O[C@]12C. The van der Waals surface area contributed by atoms with Crippen molar-refractivity contribution in [3.05, 3.63) is 18.5 Å². The Kier molecular flexibility index (Phi) is 14.1. The molecule has 0 saturated carbocycles. The number of anilines is 1. The average Bonchev–Trinajstić information content (AvgIpc) is 3.78. The maximum atomic E-state index is 16.9. The first-order valence-electron chi connectivity index (χ1n) is 20.2. The number of hydrogen-bond donors (Lipinski definition) is 2. The molecule has 3 aliphatic heterocycles. The van der Waals surface area contributed by atoms with Gasteiger partial charge >= 0.3 is 12.1 Å². The van der Waals surface area contributed by atoms with E-state index in [0.717, 1.165) is 6.92 Å². The Morgan fingerprint density at radius 2 is 1.75 bits per heavy atom. The molecule has 0 spiro atoms. The van der Waals surface area contributed by atoms with Crippen molar-refractivity contribution >= 4 is 29.6 Å². The Labute approximate surface area is 350 Å². The summed E-state index contributed by atoms with van der Waals surface area (Å²) >= 11 is 0. The van der Waals surface area contributed by atoms with E-state index in [1.54, 1.807) is 40.0 Å². The van der Waals surface area contributed by atoms with Crippen molar-refractivity contribution in [1.29, 1.82) is 0 Å². The Hall–Kier alpha value is -4.61. The molecule has 3 fully saturated rings. The number of aliphatic hydroxyl groups excluding tert-OH is 1. The summed E-state index contributed by atoms with van der Waals surface area (Å²) < 4.78 is 48.7. The molecule has 60 heavy (non-hydrogen) atoms. The highest BCUT2D eigenvalue weighted by Gasteiger charge is 2.61. The van der Waals surface area contributed by atoms with E-state index in [0.29, 0.717) is 17.8 Å². The summed E-state index contributed by atoms with van der Waals surface area (Å²) in [7, 11) is 5.00. The molecule has 1 amide bonds. The predicted octanol–water partition coefficient (Wildman–Crippen LogP) is 2.62. The number of aliphatic hydroxyl groups is 1. The third-order valence-corrected chi connectivity index (χ3v) is 12.3. The number of carbonyl (C=O) groups is 4. The van der Waals surface area contributed by atoms with Gasteiger partial charge in [-0.3, -0.25) is 14.5 Å². The van der Waals surface area contributed by atoms with E-state index >= 15 is 4.39 Å². The minimum Gasteiger partial charge on any atom is -0.455 e. The minimum atomic E-state index is -3.22. The standard InChI is InChI=1S/C41H59FN8O10/c1-12-29-41(8)32(50(38(55)60-41)18-14-13-17-49-21-27(46-47-49)26-15-16-44-37(43)45-26)24(4)30(51)22(2)20-39(6,56-11)34(25(5)33(53)40(7,42)36(54)58-29)59-35-31(52)28(48(9)10)19-23(3)57-35/h15-16,21-25,28-29,31-32,34-35,52H,12,17-20H2,1-11H3,(H2,43,44,45)/t22-,23?,24+,25+,28?,29-,31?,32-,34-,35+,39-,40+,41-/m1/s1. The smallest absolute Gasteiger partial charge is 0.411 e. The molecule has 3 unspecified atom stereocenters. The van der Waals surface area contributed by atoms with Crippen molar-refractivity contribution in [3.8, 4) is 23.2 Å². The summed E-state index contributed by atoms with van der Waals surface area (Å²) in [4.78, 5) is 67.7.